The van der Waals surface area contributed by atoms with Gasteiger partial charge in [0.2, 0.25) is 0 Å². The van der Waals surface area contributed by atoms with Gasteiger partial charge in [-0.15, -0.1) is 0 Å². The normalized spacial score (nSPS) is 10.9. The number of carboxylic acids is 1. The van der Waals surface area contributed by atoms with Crippen LogP contribution < -0.4 is 0 Å². The van der Waals surface area contributed by atoms with Crippen molar-refractivity contribution >= 4 is 5.97 Å². The van der Waals surface area contributed by atoms with Crippen molar-refractivity contribution in [2.24, 2.45) is 7.05 Å². The highest BCUT2D eigenvalue weighted by Gasteiger charge is 2.12. The summed E-state index contributed by atoms with van der Waals surface area (Å²) in [5, 5.41) is 12.9. The zero-order valence-electron chi connectivity index (χ0n) is 11.3. The van der Waals surface area contributed by atoms with Gasteiger partial charge >= 0.3 is 5.97 Å². The van der Waals surface area contributed by atoms with Crippen molar-refractivity contribution in [2.45, 2.75) is 6.54 Å². The smallest absolute Gasteiger partial charge is 0.356 e. The monoisotopic (exact) mass is 259 g/mol. The van der Waals surface area contributed by atoms with Gasteiger partial charge in [0.1, 0.15) is 0 Å². The molecule has 1 N–H and O–H groups in total. The van der Waals surface area contributed by atoms with Crippen LogP contribution in [0.15, 0.2) is 30.3 Å². The molecule has 1 aromatic heterocycles. The van der Waals surface area contributed by atoms with E-state index in [2.05, 4.69) is 22.1 Å². The molecule has 0 fully saturated rings. The van der Waals surface area contributed by atoms with Crippen molar-refractivity contribution in [1.82, 2.24) is 14.7 Å². The number of rotatable bonds is 4. The van der Waals surface area contributed by atoms with E-state index in [1.54, 1.807) is 17.8 Å². The SMILES string of the molecule is CN(C)Cc1cccc(-c2cc(C(=O)O)nn2C)c1. The van der Waals surface area contributed by atoms with Gasteiger partial charge in [-0.1, -0.05) is 18.2 Å². The molecule has 100 valence electrons. The summed E-state index contributed by atoms with van der Waals surface area (Å²) in [7, 11) is 5.78. The predicted octanol–water partition coefficient (Wildman–Crippen LogP) is 1.85. The maximum atomic E-state index is 10.9. The van der Waals surface area contributed by atoms with E-state index in [1.807, 2.05) is 26.2 Å². The molecule has 1 aromatic carbocycles. The summed E-state index contributed by atoms with van der Waals surface area (Å²) in [6, 6.07) is 9.64. The van der Waals surface area contributed by atoms with Crippen molar-refractivity contribution in [1.29, 1.82) is 0 Å². The van der Waals surface area contributed by atoms with Gasteiger partial charge in [0.25, 0.3) is 0 Å². The molecule has 0 aliphatic carbocycles. The third kappa shape index (κ3) is 3.00. The molecule has 0 saturated heterocycles. The lowest BCUT2D eigenvalue weighted by Crippen LogP contribution is -2.10. The highest BCUT2D eigenvalue weighted by molar-refractivity contribution is 5.87. The summed E-state index contributed by atoms with van der Waals surface area (Å²) in [6.45, 7) is 0.845. The van der Waals surface area contributed by atoms with Gasteiger partial charge in [0, 0.05) is 19.2 Å². The summed E-state index contributed by atoms with van der Waals surface area (Å²) in [4.78, 5) is 13.0. The van der Waals surface area contributed by atoms with Crippen LogP contribution in [0.2, 0.25) is 0 Å². The van der Waals surface area contributed by atoms with Gasteiger partial charge < -0.3 is 10.0 Å². The Bertz CT molecular complexity index is 602. The summed E-state index contributed by atoms with van der Waals surface area (Å²) in [5.74, 6) is -1.01. The Labute approximate surface area is 112 Å². The second-order valence-electron chi connectivity index (χ2n) is 4.78. The lowest BCUT2D eigenvalue weighted by molar-refractivity contribution is 0.0689. The fourth-order valence-electron chi connectivity index (χ4n) is 2.04. The summed E-state index contributed by atoms with van der Waals surface area (Å²) < 4.78 is 1.60. The quantitative estimate of drug-likeness (QED) is 0.910. The highest BCUT2D eigenvalue weighted by Crippen LogP contribution is 2.21. The van der Waals surface area contributed by atoms with Gasteiger partial charge in [0.05, 0.1) is 5.69 Å². The van der Waals surface area contributed by atoms with Crippen LogP contribution in [-0.4, -0.2) is 39.9 Å². The molecule has 5 heteroatoms. The maximum absolute atomic E-state index is 10.9. The Kier molecular flexibility index (Phi) is 3.66. The zero-order valence-corrected chi connectivity index (χ0v) is 11.3. The number of aromatic carboxylic acids is 1. The number of hydrogen-bond donors (Lipinski definition) is 1. The molecule has 2 aromatic rings. The number of carboxylic acid groups (broad SMARTS) is 1. The number of benzene rings is 1. The largest absolute Gasteiger partial charge is 0.476 e. The lowest BCUT2D eigenvalue weighted by atomic mass is 10.1. The Morgan fingerprint density at radius 2 is 2.11 bits per heavy atom. The van der Waals surface area contributed by atoms with Crippen LogP contribution in [0.4, 0.5) is 0 Å². The zero-order chi connectivity index (χ0) is 14.0. The first-order chi connectivity index (χ1) is 8.97. The molecule has 0 aliphatic rings. The number of nitrogens with zero attached hydrogens (tertiary/aromatic N) is 3. The van der Waals surface area contributed by atoms with E-state index in [0.29, 0.717) is 0 Å². The molecule has 0 unspecified atom stereocenters. The Morgan fingerprint density at radius 1 is 1.37 bits per heavy atom. The molecule has 19 heavy (non-hydrogen) atoms. The second-order valence-corrected chi connectivity index (χ2v) is 4.78. The topological polar surface area (TPSA) is 58.4 Å². The van der Waals surface area contributed by atoms with Crippen LogP contribution in [0.1, 0.15) is 16.1 Å². The van der Waals surface area contributed by atoms with Crippen molar-refractivity contribution in [3.63, 3.8) is 0 Å². The number of aromatic nitrogens is 2. The summed E-state index contributed by atoms with van der Waals surface area (Å²) >= 11 is 0. The van der Waals surface area contributed by atoms with Gasteiger partial charge in [-0.05, 0) is 31.8 Å². The van der Waals surface area contributed by atoms with Gasteiger partial charge in [0.15, 0.2) is 5.69 Å². The first kappa shape index (κ1) is 13.3. The van der Waals surface area contributed by atoms with Crippen LogP contribution in [-0.2, 0) is 13.6 Å². The minimum atomic E-state index is -1.01. The average Bonchev–Trinajstić information content (AvgIpc) is 2.71. The molecule has 0 atom stereocenters. The van der Waals surface area contributed by atoms with E-state index < -0.39 is 5.97 Å². The Balaban J connectivity index is 2.38. The third-order valence-electron chi connectivity index (χ3n) is 2.82. The predicted molar refractivity (Wildman–Crippen MR) is 73.0 cm³/mol. The van der Waals surface area contributed by atoms with Crippen LogP contribution in [0.25, 0.3) is 11.3 Å². The van der Waals surface area contributed by atoms with E-state index in [9.17, 15) is 4.79 Å². The standard InChI is InChI=1S/C14H17N3O2/c1-16(2)9-10-5-4-6-11(7-10)13-8-12(14(18)19)15-17(13)3/h4-8H,9H2,1-3H3,(H,18,19). The van der Waals surface area contributed by atoms with Crippen molar-refractivity contribution in [2.75, 3.05) is 14.1 Å². The fourth-order valence-corrected chi connectivity index (χ4v) is 2.04. The molecular weight excluding hydrogens is 242 g/mol. The molecule has 0 radical (unpaired) electrons. The number of carbonyl (C=O) groups is 1. The number of hydrogen-bond acceptors (Lipinski definition) is 3. The molecule has 0 aliphatic heterocycles. The van der Waals surface area contributed by atoms with Crippen molar-refractivity contribution in [3.05, 3.63) is 41.6 Å². The number of aryl methyl sites for hydroxylation is 1. The summed E-state index contributed by atoms with van der Waals surface area (Å²) in [6.07, 6.45) is 0. The van der Waals surface area contributed by atoms with E-state index >= 15 is 0 Å². The average molecular weight is 259 g/mol. The molecule has 5 nitrogen and oxygen atoms in total. The Hall–Kier alpha value is -2.14. The van der Waals surface area contributed by atoms with Crippen molar-refractivity contribution < 1.29 is 9.90 Å². The van der Waals surface area contributed by atoms with Crippen LogP contribution in [0.5, 0.6) is 0 Å². The summed E-state index contributed by atoms with van der Waals surface area (Å²) in [5.41, 5.74) is 3.02. The van der Waals surface area contributed by atoms with Crippen LogP contribution in [0, 0.1) is 0 Å². The van der Waals surface area contributed by atoms with E-state index in [4.69, 9.17) is 5.11 Å². The van der Waals surface area contributed by atoms with Crippen LogP contribution in [0.3, 0.4) is 0 Å². The van der Waals surface area contributed by atoms with Gasteiger partial charge in [-0.25, -0.2) is 4.79 Å². The minimum Gasteiger partial charge on any atom is -0.476 e. The van der Waals surface area contributed by atoms with Crippen LogP contribution >= 0.6 is 0 Å². The van der Waals surface area contributed by atoms with Crippen molar-refractivity contribution in [3.8, 4) is 11.3 Å². The molecule has 0 bridgehead atoms. The molecule has 2 rings (SSSR count). The van der Waals surface area contributed by atoms with E-state index in [1.165, 1.54) is 5.56 Å². The molecule has 0 saturated carbocycles. The second kappa shape index (κ2) is 5.24. The van der Waals surface area contributed by atoms with E-state index in [-0.39, 0.29) is 5.69 Å². The third-order valence-corrected chi connectivity index (χ3v) is 2.82. The molecule has 1 heterocycles. The highest BCUT2D eigenvalue weighted by atomic mass is 16.4. The first-order valence-corrected chi connectivity index (χ1v) is 5.99. The maximum Gasteiger partial charge on any atom is 0.356 e. The molecule has 0 spiro atoms. The Morgan fingerprint density at radius 3 is 2.68 bits per heavy atom. The molecular formula is C14H17N3O2. The minimum absolute atomic E-state index is 0.0653. The van der Waals surface area contributed by atoms with E-state index in [0.717, 1.165) is 17.8 Å². The van der Waals surface area contributed by atoms with Gasteiger partial charge in [-0.2, -0.15) is 5.10 Å². The fraction of sp³-hybridized carbons (Fsp3) is 0.286. The lowest BCUT2D eigenvalue weighted by Gasteiger charge is -2.10. The first-order valence-electron chi connectivity index (χ1n) is 5.99. The molecule has 0 amide bonds. The van der Waals surface area contributed by atoms with Gasteiger partial charge in [-0.3, -0.25) is 4.68 Å².